The number of nitrogens with two attached hydrogens (primary N) is 1. The Kier molecular flexibility index (Phi) is 7.01. The molecule has 0 amide bonds. The van der Waals surface area contributed by atoms with Gasteiger partial charge in [-0.3, -0.25) is 0 Å². The van der Waals surface area contributed by atoms with E-state index >= 15 is 0 Å². The van der Waals surface area contributed by atoms with Gasteiger partial charge in [-0.25, -0.2) is 14.4 Å². The lowest BCUT2D eigenvalue weighted by atomic mass is 10.1. The van der Waals surface area contributed by atoms with E-state index in [9.17, 15) is 19.6 Å². The second-order valence-electron chi connectivity index (χ2n) is 5.90. The molecular weight excluding hydrogens is 398 g/mol. The van der Waals surface area contributed by atoms with E-state index in [1.54, 1.807) is 27.7 Å². The molecule has 0 saturated carbocycles. The van der Waals surface area contributed by atoms with Crippen LogP contribution in [0.4, 0.5) is 5.00 Å². The summed E-state index contributed by atoms with van der Waals surface area (Å²) in [6, 6.07) is 1.92. The fraction of sp³-hybridized carbons (Fsp3) is 0.368. The molecule has 10 heteroatoms. The molecule has 154 valence electrons. The number of thiophene rings is 1. The number of nitriles is 1. The molecule has 0 aliphatic heterocycles. The molecule has 2 aromatic rings. The highest BCUT2D eigenvalue weighted by Gasteiger charge is 2.27. The smallest absolute Gasteiger partial charge is 0.355 e. The molecule has 0 unspecified atom stereocenters. The van der Waals surface area contributed by atoms with Gasteiger partial charge in [0.1, 0.15) is 28.2 Å². The number of nitrogens with one attached hydrogen (secondary N) is 1. The monoisotopic (exact) mass is 419 g/mol. The van der Waals surface area contributed by atoms with Gasteiger partial charge in [0.25, 0.3) is 0 Å². The zero-order chi connectivity index (χ0) is 21.7. The summed E-state index contributed by atoms with van der Waals surface area (Å²) in [4.78, 5) is 39.7. The Balaban J connectivity index is 2.30. The number of carbonyl (C=O) groups is 3. The van der Waals surface area contributed by atoms with Gasteiger partial charge in [-0.2, -0.15) is 5.26 Å². The lowest BCUT2D eigenvalue weighted by Crippen LogP contribution is -2.11. The average Bonchev–Trinajstić information content (AvgIpc) is 3.15. The van der Waals surface area contributed by atoms with Crippen molar-refractivity contribution in [2.24, 2.45) is 0 Å². The van der Waals surface area contributed by atoms with Gasteiger partial charge in [-0.05, 0) is 33.3 Å². The molecule has 0 aliphatic carbocycles. The van der Waals surface area contributed by atoms with E-state index in [1.165, 1.54) is 0 Å². The van der Waals surface area contributed by atoms with Crippen LogP contribution in [0.1, 0.15) is 66.7 Å². The molecule has 2 aromatic heterocycles. The number of nitrogens with zero attached hydrogens (tertiary/aromatic N) is 1. The minimum atomic E-state index is -0.713. The maximum absolute atomic E-state index is 12.6. The second-order valence-corrected chi connectivity index (χ2v) is 6.96. The Morgan fingerprint density at radius 2 is 1.69 bits per heavy atom. The lowest BCUT2D eigenvalue weighted by Gasteiger charge is -2.07. The molecule has 29 heavy (non-hydrogen) atoms. The Bertz CT molecular complexity index is 999. The van der Waals surface area contributed by atoms with Crippen molar-refractivity contribution in [2.75, 3.05) is 18.9 Å². The van der Waals surface area contributed by atoms with Crippen molar-refractivity contribution >= 4 is 34.2 Å². The predicted molar refractivity (Wildman–Crippen MR) is 105 cm³/mol. The van der Waals surface area contributed by atoms with Gasteiger partial charge in [-0.1, -0.05) is 0 Å². The van der Waals surface area contributed by atoms with E-state index < -0.39 is 17.9 Å². The summed E-state index contributed by atoms with van der Waals surface area (Å²) in [7, 11) is 0. The number of esters is 3. The molecule has 0 fully saturated rings. The van der Waals surface area contributed by atoms with E-state index in [4.69, 9.17) is 19.9 Å². The molecule has 0 atom stereocenters. The van der Waals surface area contributed by atoms with E-state index in [1.807, 2.05) is 6.07 Å². The van der Waals surface area contributed by atoms with Crippen molar-refractivity contribution in [1.82, 2.24) is 4.98 Å². The highest BCUT2D eigenvalue weighted by molar-refractivity contribution is 7.18. The Hall–Kier alpha value is -3.32. The molecular formula is C19H21N3O6S. The number of hydrogen-bond donors (Lipinski definition) is 2. The topological polar surface area (TPSA) is 144 Å². The second kappa shape index (κ2) is 9.25. The van der Waals surface area contributed by atoms with Crippen molar-refractivity contribution in [3.63, 3.8) is 0 Å². The number of aromatic nitrogens is 1. The molecule has 0 bridgehead atoms. The number of hydrogen-bond acceptors (Lipinski definition) is 9. The van der Waals surface area contributed by atoms with Crippen LogP contribution in [0.5, 0.6) is 0 Å². The van der Waals surface area contributed by atoms with Crippen molar-refractivity contribution in [2.45, 2.75) is 34.3 Å². The highest BCUT2D eigenvalue weighted by atomic mass is 32.1. The molecule has 0 saturated heterocycles. The van der Waals surface area contributed by atoms with E-state index in [0.717, 1.165) is 11.3 Å². The molecule has 0 aromatic carbocycles. The Labute approximate surface area is 171 Å². The number of H-pyrrole nitrogens is 1. The zero-order valence-corrected chi connectivity index (χ0v) is 17.3. The standard InChI is InChI=1S/C19H21N3O6S/c1-5-26-18(24)14-9(3)13(10(4)22-14)17(23)28-8-12-11(7-20)16(21)29-15(12)19(25)27-6-2/h22H,5-6,8,21H2,1-4H3. The number of rotatable bonds is 7. The summed E-state index contributed by atoms with van der Waals surface area (Å²) < 4.78 is 15.3. The minimum absolute atomic E-state index is 0.0700. The molecule has 0 spiro atoms. The number of carbonyl (C=O) groups excluding carboxylic acids is 3. The van der Waals surface area contributed by atoms with Gasteiger partial charge < -0.3 is 24.9 Å². The number of aryl methyl sites for hydroxylation is 1. The first-order valence-electron chi connectivity index (χ1n) is 8.78. The molecule has 0 aliphatic rings. The summed E-state index contributed by atoms with van der Waals surface area (Å²) in [5.74, 6) is -1.93. The highest BCUT2D eigenvalue weighted by Crippen LogP contribution is 2.32. The van der Waals surface area contributed by atoms with Crippen LogP contribution in [-0.2, 0) is 20.8 Å². The first-order chi connectivity index (χ1) is 13.8. The van der Waals surface area contributed by atoms with Gasteiger partial charge >= 0.3 is 17.9 Å². The third kappa shape index (κ3) is 4.41. The number of aromatic amines is 1. The van der Waals surface area contributed by atoms with E-state index in [-0.39, 0.29) is 52.1 Å². The normalized spacial score (nSPS) is 10.3. The van der Waals surface area contributed by atoms with Crippen LogP contribution in [0.2, 0.25) is 0 Å². The van der Waals surface area contributed by atoms with Crippen LogP contribution < -0.4 is 5.73 Å². The first-order valence-corrected chi connectivity index (χ1v) is 9.60. The van der Waals surface area contributed by atoms with Crippen LogP contribution in [-0.4, -0.2) is 36.1 Å². The van der Waals surface area contributed by atoms with E-state index in [0.29, 0.717) is 11.3 Å². The van der Waals surface area contributed by atoms with Gasteiger partial charge in [-0.15, -0.1) is 11.3 Å². The molecule has 0 radical (unpaired) electrons. The Morgan fingerprint density at radius 3 is 2.28 bits per heavy atom. The first kappa shape index (κ1) is 22.0. The number of anilines is 1. The summed E-state index contributed by atoms with van der Waals surface area (Å²) in [6.45, 7) is 6.55. The van der Waals surface area contributed by atoms with Gasteiger partial charge in [0, 0.05) is 11.3 Å². The van der Waals surface area contributed by atoms with Gasteiger partial charge in [0.15, 0.2) is 0 Å². The van der Waals surface area contributed by atoms with Crippen LogP contribution in [0, 0.1) is 25.2 Å². The quantitative estimate of drug-likeness (QED) is 0.515. The van der Waals surface area contributed by atoms with Crippen molar-refractivity contribution in [3.8, 4) is 6.07 Å². The van der Waals surface area contributed by atoms with Crippen LogP contribution in [0.25, 0.3) is 0 Å². The molecule has 2 rings (SSSR count). The van der Waals surface area contributed by atoms with Crippen LogP contribution >= 0.6 is 11.3 Å². The lowest BCUT2D eigenvalue weighted by molar-refractivity contribution is 0.0451. The molecule has 2 heterocycles. The van der Waals surface area contributed by atoms with Crippen LogP contribution in [0.15, 0.2) is 0 Å². The van der Waals surface area contributed by atoms with Crippen molar-refractivity contribution in [1.29, 1.82) is 5.26 Å². The third-order valence-corrected chi connectivity index (χ3v) is 5.12. The predicted octanol–water partition coefficient (Wildman–Crippen LogP) is 2.86. The fourth-order valence-corrected chi connectivity index (χ4v) is 3.70. The maximum Gasteiger partial charge on any atom is 0.355 e. The number of ether oxygens (including phenoxy) is 3. The van der Waals surface area contributed by atoms with Crippen LogP contribution in [0.3, 0.4) is 0 Å². The summed E-state index contributed by atoms with van der Waals surface area (Å²) in [5.41, 5.74) is 7.25. The van der Waals surface area contributed by atoms with Crippen molar-refractivity contribution < 1.29 is 28.6 Å². The largest absolute Gasteiger partial charge is 0.462 e. The average molecular weight is 419 g/mol. The summed E-state index contributed by atoms with van der Waals surface area (Å²) >= 11 is 0.903. The summed E-state index contributed by atoms with van der Waals surface area (Å²) in [5, 5.41) is 9.48. The third-order valence-electron chi connectivity index (χ3n) is 4.08. The SMILES string of the molecule is CCOC(=O)c1[nH]c(C)c(C(=O)OCc2c(C(=O)OCC)sc(N)c2C#N)c1C. The fourth-order valence-electron chi connectivity index (χ4n) is 2.78. The number of nitrogen functional groups attached to an aromatic ring is 1. The molecule has 9 nitrogen and oxygen atoms in total. The molecule has 3 N–H and O–H groups in total. The minimum Gasteiger partial charge on any atom is -0.462 e. The zero-order valence-electron chi connectivity index (χ0n) is 16.5. The maximum atomic E-state index is 12.6. The van der Waals surface area contributed by atoms with Crippen molar-refractivity contribution in [3.05, 3.63) is 38.5 Å². The van der Waals surface area contributed by atoms with Gasteiger partial charge in [0.05, 0.1) is 24.3 Å². The van der Waals surface area contributed by atoms with Gasteiger partial charge in [0.2, 0.25) is 0 Å². The van der Waals surface area contributed by atoms with E-state index in [2.05, 4.69) is 4.98 Å². The Morgan fingerprint density at radius 1 is 1.07 bits per heavy atom. The summed E-state index contributed by atoms with van der Waals surface area (Å²) in [6.07, 6.45) is 0.